The lowest BCUT2D eigenvalue weighted by molar-refractivity contribution is 0.104. The van der Waals surface area contributed by atoms with Gasteiger partial charge in [0.1, 0.15) is 11.5 Å². The Kier molecular flexibility index (Phi) is 5.62. The third kappa shape index (κ3) is 3.96. The Hall–Kier alpha value is -3.85. The van der Waals surface area contributed by atoms with Gasteiger partial charge in [0.05, 0.1) is 14.2 Å². The Morgan fingerprint density at radius 3 is 1.77 bits per heavy atom. The Labute approximate surface area is 176 Å². The van der Waals surface area contributed by atoms with Crippen LogP contribution >= 0.6 is 0 Å². The second kappa shape index (κ2) is 8.66. The van der Waals surface area contributed by atoms with Gasteiger partial charge in [-0.2, -0.15) is 0 Å². The Bertz CT molecular complexity index is 1100. The van der Waals surface area contributed by atoms with Crippen LogP contribution in [-0.4, -0.2) is 20.0 Å². The van der Waals surface area contributed by atoms with Gasteiger partial charge in [-0.25, -0.2) is 0 Å². The molecule has 3 heteroatoms. The van der Waals surface area contributed by atoms with Crippen molar-refractivity contribution >= 4 is 16.9 Å². The zero-order valence-corrected chi connectivity index (χ0v) is 17.0. The summed E-state index contributed by atoms with van der Waals surface area (Å²) < 4.78 is 10.6. The first-order valence-electron chi connectivity index (χ1n) is 9.72. The van der Waals surface area contributed by atoms with E-state index in [4.69, 9.17) is 9.47 Å². The van der Waals surface area contributed by atoms with Gasteiger partial charge in [-0.15, -0.1) is 0 Å². The van der Waals surface area contributed by atoms with Crippen molar-refractivity contribution < 1.29 is 14.3 Å². The molecule has 0 aliphatic heterocycles. The zero-order chi connectivity index (χ0) is 20.9. The molecule has 1 aliphatic rings. The molecule has 0 radical (unpaired) electrons. The summed E-state index contributed by atoms with van der Waals surface area (Å²) in [7, 11) is 3.32. The number of ketones is 1. The number of methoxy groups -OCH3 is 2. The van der Waals surface area contributed by atoms with Crippen LogP contribution in [0, 0.1) is 0 Å². The van der Waals surface area contributed by atoms with Crippen LogP contribution in [0.15, 0.2) is 97.1 Å². The van der Waals surface area contributed by atoms with Gasteiger partial charge in [-0.3, -0.25) is 4.79 Å². The highest BCUT2D eigenvalue weighted by atomic mass is 16.5. The van der Waals surface area contributed by atoms with Crippen molar-refractivity contribution in [1.29, 1.82) is 0 Å². The molecule has 148 valence electrons. The van der Waals surface area contributed by atoms with Crippen LogP contribution < -0.4 is 9.47 Å². The lowest BCUT2D eigenvalue weighted by atomic mass is 9.90. The predicted molar refractivity (Wildman–Crippen MR) is 121 cm³/mol. The highest BCUT2D eigenvalue weighted by Gasteiger charge is 2.15. The van der Waals surface area contributed by atoms with Crippen molar-refractivity contribution in [2.75, 3.05) is 14.2 Å². The maximum absolute atomic E-state index is 12.2. The van der Waals surface area contributed by atoms with Crippen molar-refractivity contribution in [1.82, 2.24) is 0 Å². The smallest absolute Gasteiger partial charge is 0.186 e. The summed E-state index contributed by atoms with van der Waals surface area (Å²) >= 11 is 0. The van der Waals surface area contributed by atoms with E-state index in [1.165, 1.54) is 0 Å². The summed E-state index contributed by atoms with van der Waals surface area (Å²) in [4.78, 5) is 12.2. The van der Waals surface area contributed by atoms with E-state index in [1.54, 1.807) is 20.3 Å². The largest absolute Gasteiger partial charge is 0.497 e. The fraction of sp³-hybridized carbons (Fsp3) is 0.0741. The first-order valence-corrected chi connectivity index (χ1v) is 9.72. The lowest BCUT2D eigenvalue weighted by Crippen LogP contribution is -2.04. The normalized spacial score (nSPS) is 13.7. The summed E-state index contributed by atoms with van der Waals surface area (Å²) in [5.41, 5.74) is 5.89. The highest BCUT2D eigenvalue weighted by Crippen LogP contribution is 2.30. The van der Waals surface area contributed by atoms with Crippen LogP contribution in [0.2, 0.25) is 0 Å². The van der Waals surface area contributed by atoms with Gasteiger partial charge >= 0.3 is 0 Å². The molecule has 0 heterocycles. The molecule has 0 atom stereocenters. The van der Waals surface area contributed by atoms with E-state index in [0.717, 1.165) is 44.9 Å². The van der Waals surface area contributed by atoms with E-state index in [1.807, 2.05) is 78.9 Å². The molecule has 3 aromatic carbocycles. The van der Waals surface area contributed by atoms with Gasteiger partial charge in [-0.05, 0) is 58.2 Å². The highest BCUT2D eigenvalue weighted by molar-refractivity contribution is 6.12. The molecular weight excluding hydrogens is 372 g/mol. The minimum Gasteiger partial charge on any atom is -0.497 e. The maximum Gasteiger partial charge on any atom is 0.186 e. The molecule has 0 unspecified atom stereocenters. The molecule has 3 nitrogen and oxygen atoms in total. The monoisotopic (exact) mass is 394 g/mol. The van der Waals surface area contributed by atoms with E-state index in [2.05, 4.69) is 12.2 Å². The summed E-state index contributed by atoms with van der Waals surface area (Å²) in [6.07, 6.45) is 7.66. The number of hydrogen-bond acceptors (Lipinski definition) is 3. The Balaban J connectivity index is 1.80. The van der Waals surface area contributed by atoms with E-state index in [0.29, 0.717) is 0 Å². The van der Waals surface area contributed by atoms with E-state index < -0.39 is 0 Å². The van der Waals surface area contributed by atoms with Crippen LogP contribution in [0.5, 0.6) is 11.5 Å². The van der Waals surface area contributed by atoms with Gasteiger partial charge in [-0.1, -0.05) is 66.8 Å². The molecule has 0 saturated carbocycles. The van der Waals surface area contributed by atoms with Crippen LogP contribution in [0.4, 0.5) is 0 Å². The summed E-state index contributed by atoms with van der Waals surface area (Å²) in [6, 6.07) is 23.7. The Morgan fingerprint density at radius 2 is 1.23 bits per heavy atom. The molecule has 0 fully saturated rings. The number of rotatable bonds is 5. The number of benzene rings is 3. The number of allylic oxidation sites excluding steroid dienone is 5. The predicted octanol–water partition coefficient (Wildman–Crippen LogP) is 5.97. The summed E-state index contributed by atoms with van der Waals surface area (Å²) in [5, 5.41) is 0. The van der Waals surface area contributed by atoms with Crippen molar-refractivity contribution in [3.05, 3.63) is 119 Å². The Morgan fingerprint density at radius 1 is 0.700 bits per heavy atom. The molecule has 0 amide bonds. The SMILES string of the molecule is COc1ccc(C(=C/C=C2/C=CC(=O)c3ccccc32)c2ccc(OC)cc2)cc1. The molecule has 4 rings (SSSR count). The number of carbonyl (C=O) groups is 1. The molecule has 1 aliphatic carbocycles. The van der Waals surface area contributed by atoms with E-state index in [9.17, 15) is 4.79 Å². The maximum atomic E-state index is 12.2. The van der Waals surface area contributed by atoms with Crippen LogP contribution in [-0.2, 0) is 0 Å². The molecule has 0 spiro atoms. The van der Waals surface area contributed by atoms with Gasteiger partial charge in [0.25, 0.3) is 0 Å². The first kappa shape index (κ1) is 19.5. The fourth-order valence-electron chi connectivity index (χ4n) is 3.51. The fourth-order valence-corrected chi connectivity index (χ4v) is 3.51. The lowest BCUT2D eigenvalue weighted by Gasteiger charge is -2.13. The minimum atomic E-state index is 0.0391. The number of ether oxygens (including phenoxy) is 2. The van der Waals surface area contributed by atoms with E-state index >= 15 is 0 Å². The number of hydrogen-bond donors (Lipinski definition) is 0. The van der Waals surface area contributed by atoms with Crippen LogP contribution in [0.1, 0.15) is 27.0 Å². The third-order valence-corrected chi connectivity index (χ3v) is 5.15. The molecule has 0 aromatic heterocycles. The average molecular weight is 394 g/mol. The molecular formula is C27H22O3. The second-order valence-corrected chi connectivity index (χ2v) is 6.90. The summed E-state index contributed by atoms with van der Waals surface area (Å²) in [6.45, 7) is 0. The number of fused-ring (bicyclic) bond motifs is 1. The number of carbonyl (C=O) groups excluding carboxylic acids is 1. The molecule has 30 heavy (non-hydrogen) atoms. The van der Waals surface area contributed by atoms with Gasteiger partial charge in [0, 0.05) is 5.56 Å². The molecule has 0 saturated heterocycles. The van der Waals surface area contributed by atoms with Crippen molar-refractivity contribution in [3.8, 4) is 11.5 Å². The molecule has 0 N–H and O–H groups in total. The van der Waals surface area contributed by atoms with Gasteiger partial charge in [0.2, 0.25) is 0 Å². The van der Waals surface area contributed by atoms with E-state index in [-0.39, 0.29) is 5.78 Å². The van der Waals surface area contributed by atoms with Gasteiger partial charge in [0.15, 0.2) is 5.78 Å². The summed E-state index contributed by atoms with van der Waals surface area (Å²) in [5.74, 6) is 1.67. The minimum absolute atomic E-state index is 0.0391. The van der Waals surface area contributed by atoms with Crippen molar-refractivity contribution in [2.24, 2.45) is 0 Å². The van der Waals surface area contributed by atoms with Crippen LogP contribution in [0.25, 0.3) is 11.1 Å². The standard InChI is InChI=1S/C27H22O3/c1-29-22-13-7-19(8-14-22)24(20-9-15-23(30-2)16-10-20)17-11-21-12-18-27(28)26-6-4-3-5-25(21)26/h3-18H,1-2H3/b21-11-. The topological polar surface area (TPSA) is 35.5 Å². The zero-order valence-electron chi connectivity index (χ0n) is 17.0. The molecule has 0 bridgehead atoms. The first-order chi connectivity index (χ1) is 14.7. The van der Waals surface area contributed by atoms with Crippen molar-refractivity contribution in [2.45, 2.75) is 0 Å². The van der Waals surface area contributed by atoms with Crippen LogP contribution in [0.3, 0.4) is 0 Å². The third-order valence-electron chi connectivity index (χ3n) is 5.15. The van der Waals surface area contributed by atoms with Crippen molar-refractivity contribution in [3.63, 3.8) is 0 Å². The second-order valence-electron chi connectivity index (χ2n) is 6.90. The quantitative estimate of drug-likeness (QED) is 0.535. The van der Waals surface area contributed by atoms with Gasteiger partial charge < -0.3 is 9.47 Å². The molecule has 3 aromatic rings. The average Bonchev–Trinajstić information content (AvgIpc) is 2.81.